The second-order valence-corrected chi connectivity index (χ2v) is 9.32. The Morgan fingerprint density at radius 3 is 2.61 bits per heavy atom. The molecule has 0 aliphatic rings. The Bertz CT molecular complexity index is 1940. The lowest BCUT2D eigenvalue weighted by molar-refractivity contribution is 0.0940. The monoisotopic (exact) mass is 541 g/mol. The number of aryl methyl sites for hydroxylation is 1. The summed E-state index contributed by atoms with van der Waals surface area (Å²) in [6.07, 6.45) is 4.82. The number of anilines is 1. The van der Waals surface area contributed by atoms with Crippen molar-refractivity contribution in [3.63, 3.8) is 0 Å². The number of nitrogens with zero attached hydrogens (tertiary/aromatic N) is 5. The van der Waals surface area contributed by atoms with Crippen LogP contribution >= 0.6 is 0 Å². The number of pyridine rings is 2. The first-order valence-electron chi connectivity index (χ1n) is 12.8. The van der Waals surface area contributed by atoms with Gasteiger partial charge in [-0.1, -0.05) is 48.9 Å². The van der Waals surface area contributed by atoms with Gasteiger partial charge in [0.1, 0.15) is 17.1 Å². The number of aromatic nitrogens is 4. The van der Waals surface area contributed by atoms with E-state index in [-0.39, 0.29) is 22.6 Å². The molecule has 1 unspecified atom stereocenters. The summed E-state index contributed by atoms with van der Waals surface area (Å²) in [6, 6.07) is 17.8. The van der Waals surface area contributed by atoms with Crippen molar-refractivity contribution in [1.29, 1.82) is 0 Å². The molecule has 0 radical (unpaired) electrons. The lowest BCUT2D eigenvalue weighted by Crippen LogP contribution is -2.32. The quantitative estimate of drug-likeness (QED) is 0.241. The Morgan fingerprint density at radius 2 is 1.93 bits per heavy atom. The maximum Gasteiger partial charge on any atom is 0.264 e. The van der Waals surface area contributed by atoms with E-state index in [0.717, 1.165) is 0 Å². The van der Waals surface area contributed by atoms with Gasteiger partial charge in [0.15, 0.2) is 0 Å². The first kappa shape index (κ1) is 26.8. The van der Waals surface area contributed by atoms with Gasteiger partial charge < -0.3 is 11.1 Å². The highest BCUT2D eigenvalue weighted by Gasteiger charge is 2.23. The number of aliphatic imine (C=N–C) groups is 1. The van der Waals surface area contributed by atoms with Gasteiger partial charge in [0, 0.05) is 41.9 Å². The number of amides is 1. The molecule has 2 aromatic carbocycles. The average Bonchev–Trinajstić information content (AvgIpc) is 3.40. The molecule has 202 valence electrons. The third-order valence-corrected chi connectivity index (χ3v) is 6.63. The number of para-hydroxylation sites is 1. The highest BCUT2D eigenvalue weighted by molar-refractivity contribution is 6.05. The third kappa shape index (κ3) is 5.14. The van der Waals surface area contributed by atoms with Gasteiger partial charge in [-0.15, -0.1) is 0 Å². The maximum atomic E-state index is 14.2. The number of hydrogen-bond acceptors (Lipinski definition) is 6. The highest BCUT2D eigenvalue weighted by atomic mass is 16.2. The van der Waals surface area contributed by atoms with Crippen molar-refractivity contribution in [2.24, 2.45) is 12.0 Å². The molecule has 3 N–H and O–H groups in total. The Balaban J connectivity index is 1.65. The van der Waals surface area contributed by atoms with Crippen molar-refractivity contribution < 1.29 is 4.79 Å². The summed E-state index contributed by atoms with van der Waals surface area (Å²) < 4.78 is 3.26. The lowest BCUT2D eigenvalue weighted by Gasteiger charge is -2.22. The molecule has 0 fully saturated rings. The largest absolute Gasteiger partial charge is 0.383 e. The van der Waals surface area contributed by atoms with Crippen LogP contribution in [0.15, 0.2) is 89.4 Å². The van der Waals surface area contributed by atoms with E-state index >= 15 is 0 Å². The second kappa shape index (κ2) is 11.2. The zero-order valence-electron chi connectivity index (χ0n) is 22.6. The van der Waals surface area contributed by atoms with E-state index in [1.807, 2.05) is 73.9 Å². The van der Waals surface area contributed by atoms with E-state index < -0.39 is 11.9 Å². The molecule has 0 aliphatic heterocycles. The van der Waals surface area contributed by atoms with Gasteiger partial charge in [0.05, 0.1) is 17.1 Å². The van der Waals surface area contributed by atoms with Crippen LogP contribution in [0.1, 0.15) is 45.8 Å². The van der Waals surface area contributed by atoms with Crippen molar-refractivity contribution in [1.82, 2.24) is 24.6 Å². The van der Waals surface area contributed by atoms with Gasteiger partial charge >= 0.3 is 0 Å². The van der Waals surface area contributed by atoms with Crippen LogP contribution in [0.3, 0.4) is 0 Å². The van der Waals surface area contributed by atoms with Gasteiger partial charge in [-0.05, 0) is 55.3 Å². The van der Waals surface area contributed by atoms with Gasteiger partial charge in [0.25, 0.3) is 11.5 Å². The van der Waals surface area contributed by atoms with Crippen LogP contribution in [0.2, 0.25) is 0 Å². The Kier molecular flexibility index (Phi) is 7.31. The van der Waals surface area contributed by atoms with E-state index in [2.05, 4.69) is 45.5 Å². The third-order valence-electron chi connectivity index (χ3n) is 6.63. The first-order valence-corrected chi connectivity index (χ1v) is 12.8. The Labute approximate surface area is 236 Å². The smallest absolute Gasteiger partial charge is 0.264 e. The van der Waals surface area contributed by atoms with Crippen LogP contribution in [-0.4, -0.2) is 32.0 Å². The summed E-state index contributed by atoms with van der Waals surface area (Å²) in [5.41, 5.74) is 9.10. The van der Waals surface area contributed by atoms with Crippen LogP contribution in [0.4, 0.5) is 11.5 Å². The van der Waals surface area contributed by atoms with Gasteiger partial charge in [0.2, 0.25) is 0 Å². The van der Waals surface area contributed by atoms with Crippen LogP contribution in [-0.2, 0) is 7.05 Å². The maximum absolute atomic E-state index is 14.2. The second-order valence-electron chi connectivity index (χ2n) is 9.32. The van der Waals surface area contributed by atoms with E-state index in [1.165, 1.54) is 12.3 Å². The number of carbonyl (C=O) groups is 1. The summed E-state index contributed by atoms with van der Waals surface area (Å²) >= 11 is 0. The summed E-state index contributed by atoms with van der Waals surface area (Å²) in [5.74, 6) is 5.66. The minimum Gasteiger partial charge on any atom is -0.383 e. The minimum absolute atomic E-state index is 0.0118. The first-order chi connectivity index (χ1) is 19.8. The van der Waals surface area contributed by atoms with Crippen LogP contribution in [0.5, 0.6) is 0 Å². The molecule has 0 saturated heterocycles. The molecule has 5 aromatic rings. The number of rotatable bonds is 6. The van der Waals surface area contributed by atoms with E-state index in [9.17, 15) is 9.59 Å². The van der Waals surface area contributed by atoms with Crippen molar-refractivity contribution in [3.8, 4) is 17.5 Å². The van der Waals surface area contributed by atoms with Crippen molar-refractivity contribution in [3.05, 3.63) is 118 Å². The molecule has 3 aromatic heterocycles. The number of nitrogens with two attached hydrogens (primary N) is 1. The fraction of sp³-hybridized carbons (Fsp3) is 0.0938. The number of fused-ring (bicyclic) bond motifs is 1. The predicted octanol–water partition coefficient (Wildman–Crippen LogP) is 4.57. The molecule has 1 atom stereocenters. The molecule has 1 amide bonds. The summed E-state index contributed by atoms with van der Waals surface area (Å²) in [6.45, 7) is 9.13. The van der Waals surface area contributed by atoms with Gasteiger partial charge in [-0.25, -0.2) is 4.98 Å². The average molecular weight is 542 g/mol. The lowest BCUT2D eigenvalue weighted by atomic mass is 10.0. The molecule has 9 nitrogen and oxygen atoms in total. The Hall–Kier alpha value is -5.75. The Morgan fingerprint density at radius 1 is 1.15 bits per heavy atom. The summed E-state index contributed by atoms with van der Waals surface area (Å²) in [4.78, 5) is 35.8. The number of benzene rings is 2. The van der Waals surface area contributed by atoms with E-state index in [0.29, 0.717) is 39.0 Å². The minimum atomic E-state index is -0.618. The topological polar surface area (TPSA) is 120 Å². The fourth-order valence-electron chi connectivity index (χ4n) is 4.68. The SMILES string of the molecule is C=Cc1cnc(N)c(C(=O)NC(C)c2cc3cccc(C#Cc4ccn(C)n4)c3c(=O)n2-c2ccccc2)c1N=C. The van der Waals surface area contributed by atoms with Gasteiger partial charge in [-0.2, -0.15) is 5.10 Å². The molecule has 5 rings (SSSR count). The number of carbonyl (C=O) groups excluding carboxylic acids is 1. The molecular weight excluding hydrogens is 514 g/mol. The van der Waals surface area contributed by atoms with E-state index in [1.54, 1.807) is 16.2 Å². The fourth-order valence-corrected chi connectivity index (χ4v) is 4.68. The molecule has 9 heteroatoms. The number of nitrogen functional groups attached to an aromatic ring is 1. The zero-order valence-corrected chi connectivity index (χ0v) is 22.6. The molecule has 3 heterocycles. The zero-order chi connectivity index (χ0) is 29.1. The number of hydrogen-bond donors (Lipinski definition) is 2. The molecule has 41 heavy (non-hydrogen) atoms. The van der Waals surface area contributed by atoms with Gasteiger partial charge in [-0.3, -0.25) is 23.8 Å². The van der Waals surface area contributed by atoms with Crippen LogP contribution < -0.4 is 16.6 Å². The molecule has 0 spiro atoms. The van der Waals surface area contributed by atoms with Crippen molar-refractivity contribution in [2.45, 2.75) is 13.0 Å². The molecule has 0 aliphatic carbocycles. The van der Waals surface area contributed by atoms with Crippen LogP contribution in [0, 0.1) is 11.8 Å². The van der Waals surface area contributed by atoms with Crippen LogP contribution in [0.25, 0.3) is 22.5 Å². The normalized spacial score (nSPS) is 11.4. The number of nitrogens with one attached hydrogen (secondary N) is 1. The summed E-state index contributed by atoms with van der Waals surface area (Å²) in [7, 11) is 1.82. The highest BCUT2D eigenvalue weighted by Crippen LogP contribution is 2.29. The van der Waals surface area contributed by atoms with Crippen molar-refractivity contribution >= 4 is 41.0 Å². The molecule has 0 bridgehead atoms. The predicted molar refractivity (Wildman–Crippen MR) is 163 cm³/mol. The molecular formula is C32H27N7O2. The standard InChI is InChI=1S/C32H27N7O2/c1-5-21-19-35-30(33)28(29(21)34-3)31(40)36-20(2)26-18-23-11-9-10-22(14-15-24-16-17-38(4)37-24)27(23)32(41)39(26)25-12-7-6-8-13-25/h5-13,16-20H,1,3H2,2,4H3,(H2,33,35)(H,36,40). The van der Waals surface area contributed by atoms with Crippen molar-refractivity contribution in [2.75, 3.05) is 5.73 Å². The molecule has 0 saturated carbocycles. The van der Waals surface area contributed by atoms with E-state index in [4.69, 9.17) is 5.73 Å². The summed E-state index contributed by atoms with van der Waals surface area (Å²) in [5, 5.41) is 8.42.